The van der Waals surface area contributed by atoms with Crippen LogP contribution < -0.4 is 10.2 Å². The van der Waals surface area contributed by atoms with Crippen LogP contribution in [0.4, 0.5) is 24.5 Å². The second-order valence-electron chi connectivity index (χ2n) is 12.7. The van der Waals surface area contributed by atoms with Crippen LogP contribution in [0.15, 0.2) is 65.5 Å². The molecule has 0 fully saturated rings. The Morgan fingerprint density at radius 3 is 2.27 bits per heavy atom. The van der Waals surface area contributed by atoms with Gasteiger partial charge in [0.25, 0.3) is 17.7 Å². The van der Waals surface area contributed by atoms with E-state index in [1.165, 1.54) is 30.5 Å². The van der Waals surface area contributed by atoms with Gasteiger partial charge in [0, 0.05) is 41.5 Å². The molecule has 4 heterocycles. The van der Waals surface area contributed by atoms with E-state index in [1.54, 1.807) is 43.5 Å². The molecule has 0 bridgehead atoms. The first-order valence-electron chi connectivity index (χ1n) is 17.3. The number of amides is 3. The highest BCUT2D eigenvalue weighted by Crippen LogP contribution is 2.32. The lowest BCUT2D eigenvalue weighted by Gasteiger charge is -2.19. The summed E-state index contributed by atoms with van der Waals surface area (Å²) in [4.78, 5) is 44.3. The zero-order valence-corrected chi connectivity index (χ0v) is 34.2. The largest absolute Gasteiger partial charge is 0.435 e. The molecular weight excluding hydrogens is 792 g/mol. The van der Waals surface area contributed by atoms with E-state index >= 15 is 0 Å². The SMILES string of the molecule is CCS(CC)=NC(=O)c1cc(Cl)cc(C)c1NC(=O)c1cc(C(F)(F)F)nn1-c1ncccc1Cl.Cc1c(C(=O)N(C)c2ccnnc2)cnn1C(C)C(C)C. The van der Waals surface area contributed by atoms with E-state index in [4.69, 9.17) is 23.2 Å². The van der Waals surface area contributed by atoms with Crippen LogP contribution in [0.5, 0.6) is 0 Å². The third-order valence-electron chi connectivity index (χ3n) is 8.71. The summed E-state index contributed by atoms with van der Waals surface area (Å²) in [6.07, 6.45) is 1.25. The summed E-state index contributed by atoms with van der Waals surface area (Å²) in [7, 11) is 1.20. The van der Waals surface area contributed by atoms with Crippen LogP contribution in [0, 0.1) is 19.8 Å². The highest BCUT2D eigenvalue weighted by Gasteiger charge is 2.37. The summed E-state index contributed by atoms with van der Waals surface area (Å²) in [6, 6.07) is 8.35. The van der Waals surface area contributed by atoms with Crippen LogP contribution in [-0.2, 0) is 16.9 Å². The molecule has 1 unspecified atom stereocenters. The van der Waals surface area contributed by atoms with Crippen molar-refractivity contribution >= 4 is 63.0 Å². The summed E-state index contributed by atoms with van der Waals surface area (Å²) in [5.41, 5.74) is 0.951. The lowest BCUT2D eigenvalue weighted by Crippen LogP contribution is -2.27. The van der Waals surface area contributed by atoms with Crippen LogP contribution in [0.2, 0.25) is 10.0 Å². The van der Waals surface area contributed by atoms with E-state index in [1.807, 2.05) is 25.5 Å². The molecule has 4 aromatic heterocycles. The predicted molar refractivity (Wildman–Crippen MR) is 212 cm³/mol. The van der Waals surface area contributed by atoms with Crippen molar-refractivity contribution in [3.8, 4) is 5.82 Å². The number of nitrogens with one attached hydrogen (secondary N) is 1. The summed E-state index contributed by atoms with van der Waals surface area (Å²) in [5, 5.41) is 18.2. The smallest absolute Gasteiger partial charge is 0.320 e. The van der Waals surface area contributed by atoms with Crippen LogP contribution in [0.3, 0.4) is 0 Å². The number of halogens is 5. The lowest BCUT2D eigenvalue weighted by atomic mass is 10.1. The van der Waals surface area contributed by atoms with E-state index < -0.39 is 40.1 Å². The summed E-state index contributed by atoms with van der Waals surface area (Å²) >= 11 is 12.2. The molecule has 0 saturated carbocycles. The fraction of sp³-hybridized carbons (Fsp3) is 0.351. The van der Waals surface area contributed by atoms with Gasteiger partial charge < -0.3 is 10.2 Å². The fourth-order valence-electron chi connectivity index (χ4n) is 5.24. The Bertz CT molecular complexity index is 2240. The van der Waals surface area contributed by atoms with Crippen molar-refractivity contribution in [1.82, 2.24) is 34.7 Å². The van der Waals surface area contributed by atoms with Crippen LogP contribution >= 0.6 is 23.2 Å². The zero-order valence-electron chi connectivity index (χ0n) is 31.9. The minimum Gasteiger partial charge on any atom is -0.320 e. The van der Waals surface area contributed by atoms with E-state index in [0.717, 1.165) is 5.69 Å². The van der Waals surface area contributed by atoms with Gasteiger partial charge in [-0.1, -0.05) is 61.6 Å². The molecule has 1 atom stereocenters. The number of hydrogen-bond donors (Lipinski definition) is 1. The Hall–Kier alpha value is -5.00. The van der Waals surface area contributed by atoms with Crippen molar-refractivity contribution in [3.63, 3.8) is 0 Å². The number of benzene rings is 1. The Morgan fingerprint density at radius 1 is 0.982 bits per heavy atom. The molecule has 1 aromatic carbocycles. The number of rotatable bonds is 10. The average molecular weight is 834 g/mol. The van der Waals surface area contributed by atoms with E-state index in [9.17, 15) is 27.6 Å². The standard InChI is InChI=1S/C22H20Cl2F3N5O2S.C15H21N5O/c1-4-35(5-2)31-20(33)14-10-13(23)9-12(3)18(14)29-21(34)16-11-17(22(25,26)27)30-32(16)19-15(24)7-6-8-28-19;1-10(2)11(3)20-12(4)14(9-18-20)15(21)19(5)13-6-7-16-17-8-13/h6-11H,4-5H2,1-3H3,(H,29,34);6-11H,1-5H3. The molecular formula is C37H41Cl2F3N10O3S. The monoisotopic (exact) mass is 832 g/mol. The number of hydrogen-bond acceptors (Lipinski definition) is 8. The minimum absolute atomic E-state index is 0.0121. The molecule has 0 aliphatic carbocycles. The molecule has 1 N–H and O–H groups in total. The van der Waals surface area contributed by atoms with Gasteiger partial charge in [0.1, 0.15) is 5.69 Å². The summed E-state index contributed by atoms with van der Waals surface area (Å²) < 4.78 is 47.1. The Balaban J connectivity index is 0.000000282. The van der Waals surface area contributed by atoms with Gasteiger partial charge in [-0.15, -0.1) is 0 Å². The number of aromatic nitrogens is 7. The molecule has 13 nitrogen and oxygen atoms in total. The number of carbonyl (C=O) groups excluding carboxylic acids is 3. The van der Waals surface area contributed by atoms with Crippen molar-refractivity contribution in [3.05, 3.63) is 105 Å². The topological polar surface area (TPSA) is 153 Å². The highest BCUT2D eigenvalue weighted by atomic mass is 35.5. The van der Waals surface area contributed by atoms with Crippen LogP contribution in [-0.4, -0.2) is 71.0 Å². The third-order valence-corrected chi connectivity index (χ3v) is 11.0. The summed E-state index contributed by atoms with van der Waals surface area (Å²) in [6.45, 7) is 13.7. The molecule has 0 aliphatic heterocycles. The summed E-state index contributed by atoms with van der Waals surface area (Å²) in [5.74, 6) is -0.0313. The number of aryl methyl sites for hydroxylation is 1. The van der Waals surface area contributed by atoms with Gasteiger partial charge in [0.05, 0.1) is 52.2 Å². The maximum absolute atomic E-state index is 13.4. The normalized spacial score (nSPS) is 11.9. The maximum atomic E-state index is 13.4. The molecule has 3 amide bonds. The molecule has 0 aliphatic rings. The van der Waals surface area contributed by atoms with E-state index in [2.05, 4.69) is 55.8 Å². The molecule has 5 aromatic rings. The average Bonchev–Trinajstić information content (AvgIpc) is 3.79. The van der Waals surface area contributed by atoms with Gasteiger partial charge in [-0.3, -0.25) is 19.1 Å². The Morgan fingerprint density at radius 2 is 1.68 bits per heavy atom. The second kappa shape index (κ2) is 18.8. The van der Waals surface area contributed by atoms with Crippen LogP contribution in [0.25, 0.3) is 5.82 Å². The van der Waals surface area contributed by atoms with Gasteiger partial charge in [-0.2, -0.15) is 37.9 Å². The van der Waals surface area contributed by atoms with E-state index in [-0.39, 0.29) is 39.1 Å². The molecule has 56 heavy (non-hydrogen) atoms. The first kappa shape index (κ1) is 43.7. The first-order chi connectivity index (χ1) is 26.4. The molecule has 0 spiro atoms. The fourth-order valence-corrected chi connectivity index (χ4v) is 6.71. The number of pyridine rings is 1. The van der Waals surface area contributed by atoms with Crippen LogP contribution in [0.1, 0.15) is 88.8 Å². The molecule has 298 valence electrons. The Labute approximate surface area is 334 Å². The maximum Gasteiger partial charge on any atom is 0.435 e. The first-order valence-corrected chi connectivity index (χ1v) is 19.6. The van der Waals surface area contributed by atoms with Crippen molar-refractivity contribution in [2.75, 3.05) is 28.8 Å². The van der Waals surface area contributed by atoms with Crippen molar-refractivity contribution < 1.29 is 27.6 Å². The van der Waals surface area contributed by atoms with Gasteiger partial charge >= 0.3 is 6.18 Å². The van der Waals surface area contributed by atoms with Gasteiger partial charge in [-0.25, -0.2) is 9.67 Å². The quantitative estimate of drug-likeness (QED) is 0.147. The zero-order chi connectivity index (χ0) is 41.5. The van der Waals surface area contributed by atoms with Crippen molar-refractivity contribution in [1.29, 1.82) is 0 Å². The van der Waals surface area contributed by atoms with Gasteiger partial charge in [0.2, 0.25) is 0 Å². The van der Waals surface area contributed by atoms with Crippen molar-refractivity contribution in [2.45, 2.75) is 60.7 Å². The number of alkyl halides is 3. The van der Waals surface area contributed by atoms with E-state index in [0.29, 0.717) is 45.0 Å². The number of nitrogens with zero attached hydrogens (tertiary/aromatic N) is 9. The molecule has 0 saturated heterocycles. The van der Waals surface area contributed by atoms with Gasteiger partial charge in [0.15, 0.2) is 11.5 Å². The second-order valence-corrected chi connectivity index (χ2v) is 15.8. The predicted octanol–water partition coefficient (Wildman–Crippen LogP) is 8.61. The third kappa shape index (κ3) is 10.2. The number of anilines is 2. The number of carbonyl (C=O) groups is 3. The van der Waals surface area contributed by atoms with Gasteiger partial charge in [-0.05, 0) is 62.6 Å². The molecule has 0 radical (unpaired) electrons. The molecule has 19 heteroatoms. The molecule has 5 rings (SSSR count). The highest BCUT2D eigenvalue weighted by molar-refractivity contribution is 7.87. The lowest BCUT2D eigenvalue weighted by molar-refractivity contribution is -0.141. The van der Waals surface area contributed by atoms with Crippen molar-refractivity contribution in [2.24, 2.45) is 10.3 Å². The Kier molecular flexibility index (Phi) is 14.6. The minimum atomic E-state index is -4.83.